The van der Waals surface area contributed by atoms with E-state index >= 15 is 0 Å². The lowest BCUT2D eigenvalue weighted by Gasteiger charge is -2.08. The lowest BCUT2D eigenvalue weighted by molar-refractivity contribution is 0.0919. The third-order valence-corrected chi connectivity index (χ3v) is 7.65. The highest BCUT2D eigenvalue weighted by atomic mass is 32.2. The number of benzene rings is 3. The molecule has 1 aromatic heterocycles. The van der Waals surface area contributed by atoms with Crippen LogP contribution in [0.5, 0.6) is 0 Å². The topological polar surface area (TPSA) is 135 Å². The zero-order chi connectivity index (χ0) is 24.3. The van der Waals surface area contributed by atoms with Gasteiger partial charge in [0, 0.05) is 11.1 Å². The van der Waals surface area contributed by atoms with Gasteiger partial charge in [-0.05, 0) is 60.5 Å². The molecule has 0 spiro atoms. The number of anilines is 1. The second-order valence-corrected chi connectivity index (χ2v) is 10.7. The molecule has 0 atom stereocenters. The second kappa shape index (κ2) is 9.29. The minimum absolute atomic E-state index is 0.0128. The number of hydrazine groups is 1. The van der Waals surface area contributed by atoms with Crippen molar-refractivity contribution in [2.24, 2.45) is 0 Å². The van der Waals surface area contributed by atoms with Gasteiger partial charge >= 0.3 is 5.91 Å². The molecule has 1 heterocycles. The van der Waals surface area contributed by atoms with Gasteiger partial charge in [-0.2, -0.15) is 0 Å². The molecule has 0 fully saturated rings. The minimum Gasteiger partial charge on any atom is -0.451 e. The molecule has 1 amide bonds. The Morgan fingerprint density at radius 1 is 0.824 bits per heavy atom. The van der Waals surface area contributed by atoms with E-state index in [0.29, 0.717) is 11.0 Å². The Labute approximate surface area is 196 Å². The van der Waals surface area contributed by atoms with E-state index in [2.05, 4.69) is 10.1 Å². The van der Waals surface area contributed by atoms with Crippen molar-refractivity contribution in [3.05, 3.63) is 90.2 Å². The molecular formula is C23H21N3O6S2. The number of sulfonamides is 2. The van der Waals surface area contributed by atoms with Crippen molar-refractivity contribution < 1.29 is 26.0 Å². The normalized spacial score (nSPS) is 11.9. The molecular weight excluding hydrogens is 478 g/mol. The van der Waals surface area contributed by atoms with Crippen molar-refractivity contribution >= 4 is 42.6 Å². The van der Waals surface area contributed by atoms with Crippen LogP contribution in [0.2, 0.25) is 0 Å². The summed E-state index contributed by atoms with van der Waals surface area (Å²) in [4.78, 5) is 14.5. The van der Waals surface area contributed by atoms with Gasteiger partial charge in [0.25, 0.3) is 20.0 Å². The Kier molecular flexibility index (Phi) is 6.42. The molecule has 9 nitrogen and oxygen atoms in total. The summed E-state index contributed by atoms with van der Waals surface area (Å²) in [7, 11) is -7.76. The molecule has 0 unspecified atom stereocenters. The minimum atomic E-state index is -3.95. The molecule has 34 heavy (non-hydrogen) atoms. The van der Waals surface area contributed by atoms with E-state index < -0.39 is 26.0 Å². The van der Waals surface area contributed by atoms with Crippen molar-refractivity contribution in [3.8, 4) is 0 Å². The second-order valence-electron chi connectivity index (χ2n) is 7.34. The fraction of sp³-hybridized carbons (Fsp3) is 0.0870. The molecule has 3 aromatic carbocycles. The lowest BCUT2D eigenvalue weighted by atomic mass is 10.2. The molecule has 0 aliphatic heterocycles. The van der Waals surface area contributed by atoms with Crippen LogP contribution in [0, 0.1) is 0 Å². The van der Waals surface area contributed by atoms with E-state index in [0.717, 1.165) is 12.0 Å². The molecule has 0 aliphatic carbocycles. The first kappa shape index (κ1) is 23.5. The van der Waals surface area contributed by atoms with Gasteiger partial charge in [0.1, 0.15) is 5.58 Å². The summed E-state index contributed by atoms with van der Waals surface area (Å²) in [6.07, 6.45) is 0.800. The van der Waals surface area contributed by atoms with Gasteiger partial charge in [-0.3, -0.25) is 14.9 Å². The van der Waals surface area contributed by atoms with Crippen LogP contribution in [0.25, 0.3) is 11.0 Å². The maximum absolute atomic E-state index is 12.7. The zero-order valence-corrected chi connectivity index (χ0v) is 19.6. The van der Waals surface area contributed by atoms with Gasteiger partial charge < -0.3 is 4.42 Å². The lowest BCUT2D eigenvalue weighted by Crippen LogP contribution is -2.41. The molecule has 4 rings (SSSR count). The monoisotopic (exact) mass is 499 g/mol. The van der Waals surface area contributed by atoms with Gasteiger partial charge in [0.15, 0.2) is 5.76 Å². The van der Waals surface area contributed by atoms with Crippen LogP contribution in [-0.4, -0.2) is 22.7 Å². The van der Waals surface area contributed by atoms with Gasteiger partial charge in [0.05, 0.1) is 9.79 Å². The number of fused-ring (bicyclic) bond motifs is 1. The average Bonchev–Trinajstić information content (AvgIpc) is 3.26. The summed E-state index contributed by atoms with van der Waals surface area (Å²) in [6, 6.07) is 20.1. The number of hydrogen-bond donors (Lipinski definition) is 3. The predicted molar refractivity (Wildman–Crippen MR) is 127 cm³/mol. The summed E-state index contributed by atoms with van der Waals surface area (Å²) < 4.78 is 57.8. The number of hydrogen-bond acceptors (Lipinski definition) is 6. The maximum Gasteiger partial charge on any atom is 0.301 e. The SMILES string of the molecule is CCc1ccc(S(=O)(=O)Nc2ccc3oc(C(=O)NNS(=O)(=O)c4ccccc4)cc3c2)cc1. The zero-order valence-electron chi connectivity index (χ0n) is 18.0. The Morgan fingerprint density at radius 3 is 2.18 bits per heavy atom. The number of furan rings is 1. The highest BCUT2D eigenvalue weighted by Gasteiger charge is 2.19. The van der Waals surface area contributed by atoms with Crippen LogP contribution < -0.4 is 15.0 Å². The third-order valence-electron chi connectivity index (χ3n) is 4.99. The number of carbonyl (C=O) groups excluding carboxylic acids is 1. The van der Waals surface area contributed by atoms with Crippen molar-refractivity contribution in [1.82, 2.24) is 10.3 Å². The van der Waals surface area contributed by atoms with E-state index in [9.17, 15) is 21.6 Å². The molecule has 0 bridgehead atoms. The van der Waals surface area contributed by atoms with Crippen molar-refractivity contribution in [1.29, 1.82) is 0 Å². The van der Waals surface area contributed by atoms with Crippen LogP contribution in [0.4, 0.5) is 5.69 Å². The smallest absolute Gasteiger partial charge is 0.301 e. The highest BCUT2D eigenvalue weighted by molar-refractivity contribution is 7.92. The summed E-state index contributed by atoms with van der Waals surface area (Å²) in [5.41, 5.74) is 3.73. The van der Waals surface area contributed by atoms with E-state index in [-0.39, 0.29) is 21.2 Å². The molecule has 0 aliphatic rings. The third kappa shape index (κ3) is 5.11. The maximum atomic E-state index is 12.7. The first-order valence-corrected chi connectivity index (χ1v) is 13.2. The highest BCUT2D eigenvalue weighted by Crippen LogP contribution is 2.25. The van der Waals surface area contributed by atoms with Crippen LogP contribution in [0.3, 0.4) is 0 Å². The summed E-state index contributed by atoms with van der Waals surface area (Å²) >= 11 is 0. The Morgan fingerprint density at radius 2 is 1.50 bits per heavy atom. The predicted octanol–water partition coefficient (Wildman–Crippen LogP) is 3.42. The number of nitrogens with one attached hydrogen (secondary N) is 3. The molecule has 3 N–H and O–H groups in total. The van der Waals surface area contributed by atoms with Gasteiger partial charge in [-0.1, -0.05) is 37.3 Å². The number of aryl methyl sites for hydroxylation is 1. The average molecular weight is 500 g/mol. The van der Waals surface area contributed by atoms with Crippen molar-refractivity contribution in [3.63, 3.8) is 0 Å². The van der Waals surface area contributed by atoms with Crippen LogP contribution in [0.15, 0.2) is 93.1 Å². The largest absolute Gasteiger partial charge is 0.451 e. The van der Waals surface area contributed by atoms with E-state index in [1.54, 1.807) is 30.3 Å². The van der Waals surface area contributed by atoms with Crippen LogP contribution in [0.1, 0.15) is 23.0 Å². The standard InChI is InChI=1S/C23H21N3O6S2/c1-2-16-8-11-20(12-9-16)33(28,29)25-18-10-13-21-17(14-18)15-22(32-21)23(27)24-26-34(30,31)19-6-4-3-5-7-19/h3-15,25-26H,2H2,1H3,(H,24,27). The first-order valence-electron chi connectivity index (χ1n) is 10.2. The van der Waals surface area contributed by atoms with Crippen LogP contribution >= 0.6 is 0 Å². The molecule has 4 aromatic rings. The first-order chi connectivity index (χ1) is 16.2. The fourth-order valence-corrected chi connectivity index (χ4v) is 5.08. The Bertz CT molecular complexity index is 1550. The van der Waals surface area contributed by atoms with Gasteiger partial charge in [-0.15, -0.1) is 4.83 Å². The molecule has 0 radical (unpaired) electrons. The van der Waals surface area contributed by atoms with E-state index in [1.165, 1.54) is 48.5 Å². The van der Waals surface area contributed by atoms with E-state index in [1.807, 2.05) is 11.8 Å². The van der Waals surface area contributed by atoms with Crippen molar-refractivity contribution in [2.75, 3.05) is 4.72 Å². The molecule has 176 valence electrons. The summed E-state index contributed by atoms with van der Waals surface area (Å²) in [5.74, 6) is -0.963. The molecule has 0 saturated carbocycles. The van der Waals surface area contributed by atoms with Crippen LogP contribution in [-0.2, 0) is 26.5 Å². The number of carbonyl (C=O) groups is 1. The Hall–Kier alpha value is -3.67. The van der Waals surface area contributed by atoms with Crippen molar-refractivity contribution in [2.45, 2.75) is 23.1 Å². The number of rotatable bonds is 8. The molecule has 0 saturated heterocycles. The van der Waals surface area contributed by atoms with E-state index in [4.69, 9.17) is 4.42 Å². The molecule has 11 heteroatoms. The van der Waals surface area contributed by atoms with Gasteiger partial charge in [0.2, 0.25) is 0 Å². The number of amides is 1. The fourth-order valence-electron chi connectivity index (χ4n) is 3.17. The summed E-state index contributed by atoms with van der Waals surface area (Å²) in [6.45, 7) is 1.98. The summed E-state index contributed by atoms with van der Waals surface area (Å²) in [5, 5.41) is 0.456. The quantitative estimate of drug-likeness (QED) is 0.318. The Balaban J connectivity index is 1.49. The van der Waals surface area contributed by atoms with Gasteiger partial charge in [-0.25, -0.2) is 16.8 Å².